The van der Waals surface area contributed by atoms with Crippen molar-refractivity contribution in [2.24, 2.45) is 0 Å². The van der Waals surface area contributed by atoms with Crippen molar-refractivity contribution in [1.29, 1.82) is 0 Å². The number of esters is 1. The van der Waals surface area contributed by atoms with Crippen LogP contribution in [0.15, 0.2) is 131 Å². The maximum Gasteiger partial charge on any atom is 0.337 e. The second-order valence-corrected chi connectivity index (χ2v) is 10.9. The summed E-state index contributed by atoms with van der Waals surface area (Å²) in [6.07, 6.45) is 5.68. The molecule has 0 saturated heterocycles. The molecule has 3 N–H and O–H groups in total. The molecule has 2 aromatic heterocycles. The fraction of sp³-hybridized carbons (Fsp3) is 0.0769. The minimum absolute atomic E-state index is 0.232. The number of carbonyl (C=O) groups excluding carboxylic acids is 3. The van der Waals surface area contributed by atoms with E-state index >= 15 is 0 Å². The Hall–Kier alpha value is -6.68. The first-order chi connectivity index (χ1) is 23.6. The normalized spacial score (nSPS) is 10.3. The molecule has 49 heavy (non-hydrogen) atoms. The molecule has 0 atom stereocenters. The monoisotopic (exact) mass is 656 g/mol. The number of carboxylic acid groups (broad SMARTS) is 1. The second kappa shape index (κ2) is 15.3. The molecule has 0 radical (unpaired) electrons. The van der Waals surface area contributed by atoms with E-state index in [0.29, 0.717) is 28.1 Å². The summed E-state index contributed by atoms with van der Waals surface area (Å²) in [7, 11) is 1.35. The van der Waals surface area contributed by atoms with Crippen molar-refractivity contribution < 1.29 is 37.9 Å². The molecule has 4 aromatic carbocycles. The molecule has 0 bridgehead atoms. The van der Waals surface area contributed by atoms with Crippen molar-refractivity contribution in [2.75, 3.05) is 17.7 Å². The summed E-state index contributed by atoms with van der Waals surface area (Å²) in [5.41, 5.74) is 8.81. The van der Waals surface area contributed by atoms with Gasteiger partial charge in [-0.25, -0.2) is 9.59 Å². The van der Waals surface area contributed by atoms with E-state index in [0.717, 1.165) is 33.4 Å². The highest BCUT2D eigenvalue weighted by atomic mass is 16.5. The highest BCUT2D eigenvalue weighted by Crippen LogP contribution is 2.29. The number of hydrogen-bond acceptors (Lipinski definition) is 7. The fourth-order valence-corrected chi connectivity index (χ4v) is 4.91. The van der Waals surface area contributed by atoms with Gasteiger partial charge in [0, 0.05) is 11.4 Å². The van der Waals surface area contributed by atoms with Gasteiger partial charge in [0.1, 0.15) is 12.5 Å². The largest absolute Gasteiger partial charge is 0.478 e. The van der Waals surface area contributed by atoms with Gasteiger partial charge in [-0.2, -0.15) is 0 Å². The molecule has 2 amide bonds. The zero-order valence-corrected chi connectivity index (χ0v) is 26.9. The van der Waals surface area contributed by atoms with E-state index in [4.69, 9.17) is 18.7 Å². The zero-order valence-electron chi connectivity index (χ0n) is 26.9. The first kappa shape index (κ1) is 33.7. The number of nitrogens with one attached hydrogen (secondary N) is 2. The number of amides is 2. The predicted molar refractivity (Wildman–Crippen MR) is 185 cm³/mol. The molecule has 10 heteroatoms. The van der Waals surface area contributed by atoms with E-state index in [9.17, 15) is 19.2 Å². The third-order valence-corrected chi connectivity index (χ3v) is 7.62. The molecule has 0 aliphatic rings. The van der Waals surface area contributed by atoms with Crippen molar-refractivity contribution in [3.8, 4) is 22.3 Å². The Labute approximate surface area is 282 Å². The first-order valence-corrected chi connectivity index (χ1v) is 15.0. The molecule has 0 spiro atoms. The number of aryl methyl sites for hydroxylation is 2. The average Bonchev–Trinajstić information content (AvgIpc) is 3.86. The third kappa shape index (κ3) is 8.38. The molecule has 0 aliphatic heterocycles. The number of hydrogen-bond donors (Lipinski definition) is 3. The van der Waals surface area contributed by atoms with Gasteiger partial charge in [-0.15, -0.1) is 0 Å². The molecule has 10 nitrogen and oxygen atoms in total. The van der Waals surface area contributed by atoms with Crippen LogP contribution in [0.4, 0.5) is 11.4 Å². The Morgan fingerprint density at radius 1 is 0.571 bits per heavy atom. The van der Waals surface area contributed by atoms with Crippen LogP contribution in [-0.4, -0.2) is 36.0 Å². The number of benzene rings is 4. The number of rotatable bonds is 8. The third-order valence-electron chi connectivity index (χ3n) is 7.62. The fourth-order valence-electron chi connectivity index (χ4n) is 4.91. The number of carboxylic acids is 1. The maximum atomic E-state index is 12.1. The van der Waals surface area contributed by atoms with Crippen molar-refractivity contribution in [3.05, 3.63) is 155 Å². The van der Waals surface area contributed by atoms with Crippen LogP contribution in [0.5, 0.6) is 0 Å². The van der Waals surface area contributed by atoms with E-state index in [2.05, 4.69) is 10.6 Å². The molecule has 6 aromatic rings. The number of aromatic carboxylic acids is 1. The van der Waals surface area contributed by atoms with Crippen molar-refractivity contribution in [3.63, 3.8) is 0 Å². The van der Waals surface area contributed by atoms with Gasteiger partial charge in [-0.3, -0.25) is 9.59 Å². The molecule has 0 saturated carbocycles. The lowest BCUT2D eigenvalue weighted by molar-refractivity contribution is 0.0599. The molecule has 2 heterocycles. The molecule has 0 aliphatic carbocycles. The highest BCUT2D eigenvalue weighted by Gasteiger charge is 2.12. The SMILES string of the molecule is COC(=O)c1ccc(-c2cc(NC(=O)c3ccoc3)ccc2C)cc1.Cc1ccc(NC(=O)c2ccoc2)cc1-c1ccc(C(=O)O)cc1. The Morgan fingerprint density at radius 2 is 1.00 bits per heavy atom. The van der Waals surface area contributed by atoms with Gasteiger partial charge in [-0.1, -0.05) is 36.4 Å². The summed E-state index contributed by atoms with van der Waals surface area (Å²) in [5.74, 6) is -1.81. The van der Waals surface area contributed by atoms with Crippen LogP contribution in [0.2, 0.25) is 0 Å². The Kier molecular flexibility index (Phi) is 10.5. The highest BCUT2D eigenvalue weighted by molar-refractivity contribution is 6.05. The van der Waals surface area contributed by atoms with Crippen LogP contribution < -0.4 is 10.6 Å². The topological polar surface area (TPSA) is 148 Å². The van der Waals surface area contributed by atoms with Gasteiger partial charge >= 0.3 is 11.9 Å². The summed E-state index contributed by atoms with van der Waals surface area (Å²) in [6.45, 7) is 3.95. The van der Waals surface area contributed by atoms with E-state index in [1.54, 1.807) is 48.5 Å². The molecule has 246 valence electrons. The lowest BCUT2D eigenvalue weighted by Crippen LogP contribution is -2.10. The van der Waals surface area contributed by atoms with Crippen LogP contribution in [0.25, 0.3) is 22.3 Å². The lowest BCUT2D eigenvalue weighted by Gasteiger charge is -2.11. The molecule has 6 rings (SSSR count). The maximum absolute atomic E-state index is 12.1. The van der Waals surface area contributed by atoms with Crippen LogP contribution in [0, 0.1) is 13.8 Å². The zero-order chi connectivity index (χ0) is 34.9. The van der Waals surface area contributed by atoms with Gasteiger partial charge in [0.25, 0.3) is 11.8 Å². The standard InChI is InChI=1S/C20H17NO4.C19H15NO4/c1-13-3-8-17(21-19(22)16-9-10-25-12-16)11-18(13)14-4-6-15(7-5-14)20(23)24-2;1-12-2-7-16(20-18(21)15-8-9-24-11-15)10-17(12)13-3-5-14(6-4-13)19(22)23/h3-12H,1-2H3,(H,21,22);2-11H,1H3,(H,20,21)(H,22,23). The van der Waals surface area contributed by atoms with Gasteiger partial charge in [0.2, 0.25) is 0 Å². The van der Waals surface area contributed by atoms with Gasteiger partial charge < -0.3 is 29.3 Å². The van der Waals surface area contributed by atoms with Gasteiger partial charge in [0.05, 0.1) is 41.9 Å². The number of ether oxygens (including phenoxy) is 1. The summed E-state index contributed by atoms with van der Waals surface area (Å²) < 4.78 is 14.5. The van der Waals surface area contributed by atoms with E-state index in [-0.39, 0.29) is 23.3 Å². The van der Waals surface area contributed by atoms with Gasteiger partial charge in [-0.05, 0) is 108 Å². The minimum Gasteiger partial charge on any atom is -0.478 e. The predicted octanol–water partition coefficient (Wildman–Crippen LogP) is 8.50. The summed E-state index contributed by atoms with van der Waals surface area (Å²) in [5, 5.41) is 14.6. The molecule has 0 fully saturated rings. The number of methoxy groups -OCH3 is 1. The summed E-state index contributed by atoms with van der Waals surface area (Å²) >= 11 is 0. The molecular formula is C39H32N2O8. The van der Waals surface area contributed by atoms with Gasteiger partial charge in [0.15, 0.2) is 0 Å². The number of carbonyl (C=O) groups is 4. The van der Waals surface area contributed by atoms with Crippen LogP contribution in [-0.2, 0) is 4.74 Å². The van der Waals surface area contributed by atoms with E-state index in [1.807, 2.05) is 62.4 Å². The smallest absolute Gasteiger partial charge is 0.337 e. The number of anilines is 2. The van der Waals surface area contributed by atoms with Crippen molar-refractivity contribution >= 4 is 35.1 Å². The number of furan rings is 2. The van der Waals surface area contributed by atoms with Crippen LogP contribution >= 0.6 is 0 Å². The second-order valence-electron chi connectivity index (χ2n) is 10.9. The van der Waals surface area contributed by atoms with Crippen LogP contribution in [0.3, 0.4) is 0 Å². The quantitative estimate of drug-likeness (QED) is 0.138. The van der Waals surface area contributed by atoms with Crippen molar-refractivity contribution in [2.45, 2.75) is 13.8 Å². The average molecular weight is 657 g/mol. The minimum atomic E-state index is -0.959. The van der Waals surface area contributed by atoms with Crippen molar-refractivity contribution in [1.82, 2.24) is 0 Å². The van der Waals surface area contributed by atoms with E-state index in [1.165, 1.54) is 32.2 Å². The summed E-state index contributed by atoms with van der Waals surface area (Å²) in [6, 6.07) is 28.3. The Bertz CT molecular complexity index is 2080. The Balaban J connectivity index is 0.000000191. The van der Waals surface area contributed by atoms with E-state index < -0.39 is 5.97 Å². The molecule has 0 unspecified atom stereocenters. The van der Waals surface area contributed by atoms with Crippen LogP contribution in [0.1, 0.15) is 52.6 Å². The Morgan fingerprint density at radius 3 is 1.37 bits per heavy atom. The molecular weight excluding hydrogens is 624 g/mol. The lowest BCUT2D eigenvalue weighted by atomic mass is 9.98. The summed E-state index contributed by atoms with van der Waals surface area (Å²) in [4.78, 5) is 46.7. The first-order valence-electron chi connectivity index (χ1n) is 15.0.